The van der Waals surface area contributed by atoms with Crippen molar-refractivity contribution in [2.24, 2.45) is 10.7 Å². The van der Waals surface area contributed by atoms with Gasteiger partial charge in [0.05, 0.1) is 23.4 Å². The van der Waals surface area contributed by atoms with E-state index in [-0.39, 0.29) is 11.9 Å². The Hall–Kier alpha value is -3.39. The fourth-order valence-electron chi connectivity index (χ4n) is 3.97. The number of anilines is 2. The van der Waals surface area contributed by atoms with Gasteiger partial charge in [-0.1, -0.05) is 30.3 Å². The number of imidazole rings is 1. The van der Waals surface area contributed by atoms with Gasteiger partial charge >= 0.3 is 0 Å². The Bertz CT molecular complexity index is 1120. The Morgan fingerprint density at radius 2 is 1.89 bits per heavy atom. The van der Waals surface area contributed by atoms with E-state index in [0.717, 1.165) is 22.3 Å². The zero-order valence-electron chi connectivity index (χ0n) is 15.0. The van der Waals surface area contributed by atoms with Gasteiger partial charge in [-0.25, -0.2) is 9.98 Å². The molecule has 3 aromatic rings. The predicted molar refractivity (Wildman–Crippen MR) is 105 cm³/mol. The molecular formula is C19H19N7O. The van der Waals surface area contributed by atoms with Crippen molar-refractivity contribution in [3.63, 3.8) is 0 Å². The molecule has 1 aromatic heterocycles. The van der Waals surface area contributed by atoms with Crippen LogP contribution in [0.3, 0.4) is 0 Å². The topological polar surface area (TPSA) is 91.8 Å². The quantitative estimate of drug-likeness (QED) is 0.719. The second kappa shape index (κ2) is 5.31. The number of guanidine groups is 1. The summed E-state index contributed by atoms with van der Waals surface area (Å²) in [6.45, 7) is 0.447. The van der Waals surface area contributed by atoms with E-state index in [1.165, 1.54) is 0 Å². The lowest BCUT2D eigenvalue weighted by Gasteiger charge is -2.32. The molecule has 2 aliphatic rings. The molecule has 2 aromatic carbocycles. The fourth-order valence-corrected chi connectivity index (χ4v) is 3.97. The minimum atomic E-state index is -1.30. The van der Waals surface area contributed by atoms with Crippen molar-refractivity contribution in [1.29, 1.82) is 0 Å². The molecule has 3 N–H and O–H groups in total. The normalized spacial score (nSPS) is 20.8. The minimum Gasteiger partial charge on any atom is -0.370 e. The molecule has 2 aliphatic heterocycles. The molecular weight excluding hydrogens is 342 g/mol. The molecule has 8 nitrogen and oxygen atoms in total. The zero-order valence-corrected chi connectivity index (χ0v) is 15.0. The number of carbonyl (C=O) groups is 1. The number of benzene rings is 2. The highest BCUT2D eigenvalue weighted by Crippen LogP contribution is 2.47. The summed E-state index contributed by atoms with van der Waals surface area (Å²) < 4.78 is 1.86. The number of nitrogens with two attached hydrogens (primary N) is 1. The number of rotatable bonds is 2. The lowest BCUT2D eigenvalue weighted by Crippen LogP contribution is -2.51. The predicted octanol–water partition coefficient (Wildman–Crippen LogP) is 1.34. The maximum atomic E-state index is 13.8. The minimum absolute atomic E-state index is 0.147. The van der Waals surface area contributed by atoms with Crippen LogP contribution in [0.4, 0.5) is 11.6 Å². The van der Waals surface area contributed by atoms with E-state index in [2.05, 4.69) is 15.3 Å². The fraction of sp³-hybridized carbons (Fsp3) is 0.211. The van der Waals surface area contributed by atoms with E-state index in [1.54, 1.807) is 4.90 Å². The Balaban J connectivity index is 1.86. The van der Waals surface area contributed by atoms with Gasteiger partial charge in [0.2, 0.25) is 11.6 Å². The summed E-state index contributed by atoms with van der Waals surface area (Å²) in [7, 11) is 3.86. The molecule has 0 radical (unpaired) electrons. The van der Waals surface area contributed by atoms with Gasteiger partial charge in [0.15, 0.2) is 5.96 Å². The van der Waals surface area contributed by atoms with Crippen molar-refractivity contribution < 1.29 is 4.79 Å². The third-order valence-electron chi connectivity index (χ3n) is 4.94. The summed E-state index contributed by atoms with van der Waals surface area (Å²) in [6.07, 6.45) is 0. The van der Waals surface area contributed by atoms with E-state index in [0.29, 0.717) is 12.6 Å². The molecule has 0 saturated carbocycles. The summed E-state index contributed by atoms with van der Waals surface area (Å²) in [5, 5.41) is 3.01. The number of para-hydroxylation sites is 3. The van der Waals surface area contributed by atoms with E-state index < -0.39 is 5.66 Å². The van der Waals surface area contributed by atoms with E-state index in [1.807, 2.05) is 72.1 Å². The summed E-state index contributed by atoms with van der Waals surface area (Å²) in [4.78, 5) is 26.8. The highest BCUT2D eigenvalue weighted by Gasteiger charge is 2.56. The molecule has 136 valence electrons. The standard InChI is InChI=1S/C19H19N7O/c1-24(2)11-25-14-9-5-3-7-12(14)19(16(25)27)23-17(20)22-18-21-13-8-4-6-10-15(13)26(18)19/h3-10H,11H2,1-2H3,(H3,20,21,22,23)/t19-/m1/s1. The number of hydrogen-bond donors (Lipinski definition) is 2. The van der Waals surface area contributed by atoms with Crippen LogP contribution in [0.1, 0.15) is 5.56 Å². The first kappa shape index (κ1) is 15.8. The van der Waals surface area contributed by atoms with Gasteiger partial charge in [-0.15, -0.1) is 0 Å². The van der Waals surface area contributed by atoms with Crippen molar-refractivity contribution in [2.75, 3.05) is 31.0 Å². The molecule has 1 amide bonds. The van der Waals surface area contributed by atoms with E-state index in [9.17, 15) is 4.79 Å². The van der Waals surface area contributed by atoms with E-state index in [4.69, 9.17) is 5.73 Å². The first-order valence-corrected chi connectivity index (χ1v) is 8.69. The molecule has 3 heterocycles. The average Bonchev–Trinajstić information content (AvgIpc) is 3.11. The summed E-state index contributed by atoms with van der Waals surface area (Å²) in [6, 6.07) is 15.4. The van der Waals surface area contributed by atoms with Crippen LogP contribution < -0.4 is 16.0 Å². The van der Waals surface area contributed by atoms with Crippen LogP contribution in [0, 0.1) is 0 Å². The maximum Gasteiger partial charge on any atom is 0.282 e. The number of aliphatic imine (C=N–C) groups is 1. The van der Waals surface area contributed by atoms with Gasteiger partial charge in [-0.2, -0.15) is 0 Å². The largest absolute Gasteiger partial charge is 0.370 e. The number of aromatic nitrogens is 2. The lowest BCUT2D eigenvalue weighted by atomic mass is 10.00. The second-order valence-electron chi connectivity index (χ2n) is 7.03. The maximum absolute atomic E-state index is 13.8. The van der Waals surface area contributed by atoms with Crippen molar-refractivity contribution >= 4 is 34.5 Å². The van der Waals surface area contributed by atoms with Gasteiger partial charge in [-0.05, 0) is 32.3 Å². The van der Waals surface area contributed by atoms with Crippen molar-refractivity contribution in [3.05, 3.63) is 54.1 Å². The SMILES string of the molecule is CN(C)CN1C(=O)[C@@]2(N=C(N)Nc3nc4ccccc4n32)c2ccccc21. The molecule has 0 saturated heterocycles. The molecule has 0 bridgehead atoms. The molecule has 5 rings (SSSR count). The van der Waals surface area contributed by atoms with Crippen molar-refractivity contribution in [1.82, 2.24) is 14.5 Å². The monoisotopic (exact) mass is 361 g/mol. The first-order valence-electron chi connectivity index (χ1n) is 8.69. The molecule has 8 heteroatoms. The number of nitrogens with one attached hydrogen (secondary N) is 1. The van der Waals surface area contributed by atoms with Crippen LogP contribution in [-0.2, 0) is 10.5 Å². The molecule has 0 aliphatic carbocycles. The highest BCUT2D eigenvalue weighted by molar-refractivity contribution is 6.12. The Labute approximate surface area is 155 Å². The average molecular weight is 361 g/mol. The van der Waals surface area contributed by atoms with Gasteiger partial charge in [0, 0.05) is 5.56 Å². The van der Waals surface area contributed by atoms with Crippen LogP contribution in [0.15, 0.2) is 53.5 Å². The molecule has 0 fully saturated rings. The Morgan fingerprint density at radius 3 is 2.70 bits per heavy atom. The zero-order chi connectivity index (χ0) is 18.8. The third-order valence-corrected chi connectivity index (χ3v) is 4.94. The second-order valence-corrected chi connectivity index (χ2v) is 7.03. The first-order chi connectivity index (χ1) is 13.0. The summed E-state index contributed by atoms with van der Waals surface area (Å²) >= 11 is 0. The van der Waals surface area contributed by atoms with Crippen molar-refractivity contribution in [2.45, 2.75) is 5.66 Å². The summed E-state index contributed by atoms with van der Waals surface area (Å²) in [5.74, 6) is 0.539. The van der Waals surface area contributed by atoms with Crippen molar-refractivity contribution in [3.8, 4) is 0 Å². The number of hydrogen-bond acceptors (Lipinski definition) is 6. The molecule has 0 unspecified atom stereocenters. The number of carbonyl (C=O) groups excluding carboxylic acids is 1. The van der Waals surface area contributed by atoms with E-state index >= 15 is 0 Å². The van der Waals surface area contributed by atoms with Gasteiger partial charge < -0.3 is 5.73 Å². The number of amides is 1. The highest BCUT2D eigenvalue weighted by atomic mass is 16.2. The Kier molecular flexibility index (Phi) is 3.11. The van der Waals surface area contributed by atoms with Crippen LogP contribution in [0.5, 0.6) is 0 Å². The van der Waals surface area contributed by atoms with Crippen LogP contribution in [-0.4, -0.2) is 47.1 Å². The van der Waals surface area contributed by atoms with Crippen LogP contribution in [0.25, 0.3) is 11.0 Å². The smallest absolute Gasteiger partial charge is 0.282 e. The number of fused-ring (bicyclic) bond motifs is 6. The Morgan fingerprint density at radius 1 is 1.15 bits per heavy atom. The van der Waals surface area contributed by atoms with Gasteiger partial charge in [0.1, 0.15) is 0 Å². The molecule has 27 heavy (non-hydrogen) atoms. The lowest BCUT2D eigenvalue weighted by molar-refractivity contribution is -0.124. The van der Waals surface area contributed by atoms with Gasteiger partial charge in [-0.3, -0.25) is 24.5 Å². The number of nitrogens with zero attached hydrogens (tertiary/aromatic N) is 5. The molecule has 1 spiro atoms. The summed E-state index contributed by atoms with van der Waals surface area (Å²) in [5.41, 5.74) is 8.03. The van der Waals surface area contributed by atoms with Crippen LogP contribution >= 0.6 is 0 Å². The molecule has 1 atom stereocenters. The van der Waals surface area contributed by atoms with Gasteiger partial charge in [0.25, 0.3) is 5.91 Å². The third kappa shape index (κ3) is 1.98. The van der Waals surface area contributed by atoms with Crippen LogP contribution in [0.2, 0.25) is 0 Å².